The quantitative estimate of drug-likeness (QED) is 0.751. The third kappa shape index (κ3) is 2.76. The molecule has 2 N–H and O–H groups in total. The lowest BCUT2D eigenvalue weighted by molar-refractivity contribution is -0.111. The second kappa shape index (κ2) is 4.63. The molecule has 3 heteroatoms. The molecule has 0 aromatic carbocycles. The Morgan fingerprint density at radius 2 is 2.19 bits per heavy atom. The maximum atomic E-state index is 9.68. The number of aliphatic hydroxyl groups excluding tert-OH is 1. The monoisotopic (exact) mass is 227 g/mol. The molecule has 2 atom stereocenters. The summed E-state index contributed by atoms with van der Waals surface area (Å²) in [5.41, 5.74) is -0.150. The molecule has 0 aromatic rings. The first kappa shape index (κ1) is 12.3. The fourth-order valence-electron chi connectivity index (χ4n) is 2.60. The van der Waals surface area contributed by atoms with Gasteiger partial charge in [0.1, 0.15) is 0 Å². The molecule has 3 nitrogen and oxygen atoms in total. The highest BCUT2D eigenvalue weighted by Gasteiger charge is 2.42. The Bertz CT molecular complexity index is 242. The van der Waals surface area contributed by atoms with Crippen LogP contribution in [0.25, 0.3) is 0 Å². The first-order chi connectivity index (χ1) is 7.61. The maximum absolute atomic E-state index is 9.68. The third-order valence-corrected chi connectivity index (χ3v) is 4.26. The summed E-state index contributed by atoms with van der Waals surface area (Å²) in [6.07, 6.45) is 5.59. The number of hydrogen-bond donors (Lipinski definition) is 2. The molecule has 2 fully saturated rings. The zero-order chi connectivity index (χ0) is 11.6. The van der Waals surface area contributed by atoms with Crippen LogP contribution in [0.4, 0.5) is 0 Å². The number of ether oxygens (including phenoxy) is 1. The van der Waals surface area contributed by atoms with Crippen LogP contribution in [0.5, 0.6) is 0 Å². The van der Waals surface area contributed by atoms with E-state index in [4.69, 9.17) is 4.74 Å². The highest BCUT2D eigenvalue weighted by Crippen LogP contribution is 2.35. The van der Waals surface area contributed by atoms with Crippen LogP contribution in [0, 0.1) is 5.92 Å². The van der Waals surface area contributed by atoms with Gasteiger partial charge < -0.3 is 15.2 Å². The van der Waals surface area contributed by atoms with Gasteiger partial charge in [0.15, 0.2) is 0 Å². The summed E-state index contributed by atoms with van der Waals surface area (Å²) in [5, 5.41) is 13.3. The van der Waals surface area contributed by atoms with Crippen molar-refractivity contribution in [3.63, 3.8) is 0 Å². The standard InChI is InChI=1S/C13H25NO2/c1-3-12(2)9-13(10-15,6-7-16-12)14-8-11-4-5-11/h11,14-15H,3-10H2,1-2H3. The van der Waals surface area contributed by atoms with Crippen molar-refractivity contribution in [3.05, 3.63) is 0 Å². The Hall–Kier alpha value is -0.120. The summed E-state index contributed by atoms with van der Waals surface area (Å²) in [5.74, 6) is 0.860. The van der Waals surface area contributed by atoms with E-state index in [1.165, 1.54) is 12.8 Å². The van der Waals surface area contributed by atoms with Crippen LogP contribution in [0.3, 0.4) is 0 Å². The van der Waals surface area contributed by atoms with Gasteiger partial charge in [0, 0.05) is 12.1 Å². The number of nitrogens with one attached hydrogen (secondary N) is 1. The molecule has 0 amide bonds. The molecule has 16 heavy (non-hydrogen) atoms. The van der Waals surface area contributed by atoms with Crippen molar-refractivity contribution < 1.29 is 9.84 Å². The summed E-state index contributed by atoms with van der Waals surface area (Å²) < 4.78 is 5.84. The van der Waals surface area contributed by atoms with Crippen molar-refractivity contribution in [3.8, 4) is 0 Å². The van der Waals surface area contributed by atoms with E-state index in [1.807, 2.05) is 0 Å². The van der Waals surface area contributed by atoms with Gasteiger partial charge in [-0.1, -0.05) is 6.92 Å². The summed E-state index contributed by atoms with van der Waals surface area (Å²) in [4.78, 5) is 0. The van der Waals surface area contributed by atoms with Crippen molar-refractivity contribution in [2.24, 2.45) is 5.92 Å². The third-order valence-electron chi connectivity index (χ3n) is 4.26. The summed E-state index contributed by atoms with van der Waals surface area (Å²) in [7, 11) is 0. The molecule has 0 bridgehead atoms. The molecule has 0 radical (unpaired) electrons. The zero-order valence-electron chi connectivity index (χ0n) is 10.6. The summed E-state index contributed by atoms with van der Waals surface area (Å²) in [6.45, 7) is 6.39. The van der Waals surface area contributed by atoms with E-state index < -0.39 is 0 Å². The lowest BCUT2D eigenvalue weighted by atomic mass is 9.79. The Morgan fingerprint density at radius 1 is 1.44 bits per heavy atom. The highest BCUT2D eigenvalue weighted by atomic mass is 16.5. The molecule has 0 aromatic heterocycles. The highest BCUT2D eigenvalue weighted by molar-refractivity contribution is 4.98. The number of aliphatic hydroxyl groups is 1. The normalized spacial score (nSPS) is 39.9. The van der Waals surface area contributed by atoms with Crippen molar-refractivity contribution in [2.45, 2.75) is 57.1 Å². The van der Waals surface area contributed by atoms with Gasteiger partial charge in [-0.25, -0.2) is 0 Å². The summed E-state index contributed by atoms with van der Waals surface area (Å²) >= 11 is 0. The fraction of sp³-hybridized carbons (Fsp3) is 1.00. The number of hydrogen-bond acceptors (Lipinski definition) is 3. The predicted octanol–water partition coefficient (Wildman–Crippen LogP) is 1.70. The van der Waals surface area contributed by atoms with Gasteiger partial charge in [0.2, 0.25) is 0 Å². The van der Waals surface area contributed by atoms with Crippen LogP contribution in [0.15, 0.2) is 0 Å². The maximum Gasteiger partial charge on any atom is 0.0670 e. The number of rotatable bonds is 5. The van der Waals surface area contributed by atoms with Gasteiger partial charge >= 0.3 is 0 Å². The molecule has 2 unspecified atom stereocenters. The average Bonchev–Trinajstić information content (AvgIpc) is 3.11. The zero-order valence-corrected chi connectivity index (χ0v) is 10.6. The predicted molar refractivity (Wildman–Crippen MR) is 64.4 cm³/mol. The molecule has 1 saturated heterocycles. The molecule has 1 heterocycles. The van der Waals surface area contributed by atoms with Gasteiger partial charge in [0.05, 0.1) is 12.2 Å². The van der Waals surface area contributed by atoms with Crippen molar-refractivity contribution in [1.82, 2.24) is 5.32 Å². The molecule has 2 aliphatic rings. The van der Waals surface area contributed by atoms with E-state index in [9.17, 15) is 5.11 Å². The first-order valence-electron chi connectivity index (χ1n) is 6.61. The van der Waals surface area contributed by atoms with Gasteiger partial charge in [0.25, 0.3) is 0 Å². The van der Waals surface area contributed by atoms with E-state index in [0.717, 1.165) is 38.3 Å². The van der Waals surface area contributed by atoms with Crippen LogP contribution >= 0.6 is 0 Å². The van der Waals surface area contributed by atoms with E-state index in [2.05, 4.69) is 19.2 Å². The topological polar surface area (TPSA) is 41.5 Å². The average molecular weight is 227 g/mol. The van der Waals surface area contributed by atoms with Gasteiger partial charge in [-0.05, 0) is 51.5 Å². The Morgan fingerprint density at radius 3 is 2.75 bits per heavy atom. The Balaban J connectivity index is 1.95. The van der Waals surface area contributed by atoms with Gasteiger partial charge in [-0.2, -0.15) is 0 Å². The molecule has 1 aliphatic carbocycles. The van der Waals surface area contributed by atoms with Gasteiger partial charge in [-0.3, -0.25) is 0 Å². The fourth-order valence-corrected chi connectivity index (χ4v) is 2.60. The molecule has 94 valence electrons. The van der Waals surface area contributed by atoms with Crippen LogP contribution < -0.4 is 5.32 Å². The van der Waals surface area contributed by atoms with Crippen LogP contribution in [-0.2, 0) is 4.74 Å². The minimum Gasteiger partial charge on any atom is -0.394 e. The first-order valence-corrected chi connectivity index (χ1v) is 6.61. The molecule has 1 saturated carbocycles. The molecule has 1 aliphatic heterocycles. The molecule has 0 spiro atoms. The molecular formula is C13H25NO2. The van der Waals surface area contributed by atoms with E-state index >= 15 is 0 Å². The van der Waals surface area contributed by atoms with E-state index in [0.29, 0.717) is 0 Å². The van der Waals surface area contributed by atoms with Crippen LogP contribution in [-0.4, -0.2) is 36.0 Å². The van der Waals surface area contributed by atoms with Crippen LogP contribution in [0.1, 0.15) is 46.0 Å². The SMILES string of the molecule is CCC1(C)CC(CO)(NCC2CC2)CCO1. The van der Waals surface area contributed by atoms with E-state index in [-0.39, 0.29) is 17.7 Å². The summed E-state index contributed by atoms with van der Waals surface area (Å²) in [6, 6.07) is 0. The van der Waals surface area contributed by atoms with E-state index in [1.54, 1.807) is 0 Å². The second-order valence-corrected chi connectivity index (χ2v) is 5.84. The second-order valence-electron chi connectivity index (χ2n) is 5.84. The Labute approximate surface area is 98.6 Å². The molecule has 2 rings (SSSR count). The molecular weight excluding hydrogens is 202 g/mol. The largest absolute Gasteiger partial charge is 0.394 e. The minimum absolute atomic E-state index is 0.0580. The van der Waals surface area contributed by atoms with Crippen molar-refractivity contribution in [2.75, 3.05) is 19.8 Å². The lowest BCUT2D eigenvalue weighted by Crippen LogP contribution is -2.58. The minimum atomic E-state index is -0.0917. The van der Waals surface area contributed by atoms with Crippen LogP contribution in [0.2, 0.25) is 0 Å². The van der Waals surface area contributed by atoms with Crippen molar-refractivity contribution >= 4 is 0 Å². The van der Waals surface area contributed by atoms with Crippen molar-refractivity contribution in [1.29, 1.82) is 0 Å². The van der Waals surface area contributed by atoms with Gasteiger partial charge in [-0.15, -0.1) is 0 Å². The Kier molecular flexibility index (Phi) is 3.57. The lowest BCUT2D eigenvalue weighted by Gasteiger charge is -2.46. The smallest absolute Gasteiger partial charge is 0.0670 e.